The van der Waals surface area contributed by atoms with E-state index in [1.54, 1.807) is 6.07 Å². The van der Waals surface area contributed by atoms with E-state index in [2.05, 4.69) is 36.0 Å². The third kappa shape index (κ3) is 6.28. The van der Waals surface area contributed by atoms with Crippen LogP contribution in [-0.4, -0.2) is 53.4 Å². The van der Waals surface area contributed by atoms with E-state index < -0.39 is 0 Å². The van der Waals surface area contributed by atoms with Crippen LogP contribution in [-0.2, 0) is 11.3 Å². The lowest BCUT2D eigenvalue weighted by Crippen LogP contribution is -2.48. The van der Waals surface area contributed by atoms with Crippen LogP contribution in [0.3, 0.4) is 0 Å². The molecule has 1 amide bonds. The SMILES string of the molecule is O=C(CN1CCN(Cc2ccc(Cl)cc2Cl)CC1)Nc1nc(-c2ccc(Br)cc2)cs1. The topological polar surface area (TPSA) is 48.5 Å². The van der Waals surface area contributed by atoms with Gasteiger partial charge in [0.2, 0.25) is 5.91 Å². The van der Waals surface area contributed by atoms with E-state index in [9.17, 15) is 4.79 Å². The number of nitrogens with one attached hydrogen (secondary N) is 1. The van der Waals surface area contributed by atoms with Gasteiger partial charge in [-0.2, -0.15) is 0 Å². The summed E-state index contributed by atoms with van der Waals surface area (Å²) < 4.78 is 1.02. The molecule has 1 fully saturated rings. The van der Waals surface area contributed by atoms with E-state index in [0.29, 0.717) is 21.7 Å². The quantitative estimate of drug-likeness (QED) is 0.440. The lowest BCUT2D eigenvalue weighted by molar-refractivity contribution is -0.117. The Morgan fingerprint density at radius 2 is 1.77 bits per heavy atom. The van der Waals surface area contributed by atoms with Gasteiger partial charge >= 0.3 is 0 Å². The fraction of sp³-hybridized carbons (Fsp3) is 0.273. The zero-order valence-corrected chi connectivity index (χ0v) is 20.6. The Kier molecular flexibility index (Phi) is 7.63. The maximum absolute atomic E-state index is 12.5. The van der Waals surface area contributed by atoms with Gasteiger partial charge in [0, 0.05) is 58.2 Å². The highest BCUT2D eigenvalue weighted by atomic mass is 79.9. The normalized spacial score (nSPS) is 15.2. The zero-order chi connectivity index (χ0) is 21.8. The van der Waals surface area contributed by atoms with E-state index in [1.807, 2.05) is 41.8 Å². The number of thiazole rings is 1. The smallest absolute Gasteiger partial charge is 0.240 e. The first-order valence-electron chi connectivity index (χ1n) is 9.86. The first-order valence-corrected chi connectivity index (χ1v) is 12.3. The summed E-state index contributed by atoms with van der Waals surface area (Å²) in [7, 11) is 0. The average Bonchev–Trinajstić information content (AvgIpc) is 3.20. The number of anilines is 1. The van der Waals surface area contributed by atoms with Gasteiger partial charge in [-0.1, -0.05) is 57.3 Å². The molecular weight excluding hydrogens is 519 g/mol. The van der Waals surface area contributed by atoms with E-state index in [1.165, 1.54) is 11.3 Å². The largest absolute Gasteiger partial charge is 0.301 e. The fourth-order valence-corrected chi connectivity index (χ4v) is 4.91. The third-order valence-electron chi connectivity index (χ3n) is 5.13. The molecule has 5 nitrogen and oxygen atoms in total. The summed E-state index contributed by atoms with van der Waals surface area (Å²) in [5.41, 5.74) is 2.96. The first-order chi connectivity index (χ1) is 15.0. The Morgan fingerprint density at radius 3 is 2.48 bits per heavy atom. The number of rotatable bonds is 6. The maximum Gasteiger partial charge on any atom is 0.240 e. The molecule has 1 aliphatic heterocycles. The summed E-state index contributed by atoms with van der Waals surface area (Å²) in [5.74, 6) is -0.0362. The Labute approximate surface area is 204 Å². The minimum Gasteiger partial charge on any atom is -0.301 e. The zero-order valence-electron chi connectivity index (χ0n) is 16.7. The van der Waals surface area contributed by atoms with Crippen molar-refractivity contribution in [3.05, 3.63) is 67.9 Å². The average molecular weight is 540 g/mol. The lowest BCUT2D eigenvalue weighted by Gasteiger charge is -2.34. The van der Waals surface area contributed by atoms with Crippen molar-refractivity contribution in [3.63, 3.8) is 0 Å². The number of amides is 1. The van der Waals surface area contributed by atoms with Crippen LogP contribution in [0.4, 0.5) is 5.13 Å². The predicted molar refractivity (Wildman–Crippen MR) is 132 cm³/mol. The molecule has 31 heavy (non-hydrogen) atoms. The molecule has 2 heterocycles. The second-order valence-electron chi connectivity index (χ2n) is 7.38. The molecule has 0 aliphatic carbocycles. The number of halogens is 3. The van der Waals surface area contributed by atoms with Gasteiger partial charge in [0.1, 0.15) is 0 Å². The molecule has 0 radical (unpaired) electrons. The monoisotopic (exact) mass is 538 g/mol. The van der Waals surface area contributed by atoms with Crippen LogP contribution in [0.5, 0.6) is 0 Å². The van der Waals surface area contributed by atoms with Crippen LogP contribution in [0.15, 0.2) is 52.3 Å². The molecule has 3 aromatic rings. The number of carbonyl (C=O) groups excluding carboxylic acids is 1. The third-order valence-corrected chi connectivity index (χ3v) is 7.01. The summed E-state index contributed by atoms with van der Waals surface area (Å²) in [6.45, 7) is 4.59. The molecule has 1 saturated heterocycles. The van der Waals surface area contributed by atoms with Gasteiger partial charge in [-0.15, -0.1) is 11.3 Å². The Hall–Kier alpha value is -1.48. The first kappa shape index (κ1) is 22.7. The van der Waals surface area contributed by atoms with Crippen molar-refractivity contribution >= 4 is 61.5 Å². The number of piperazine rings is 1. The lowest BCUT2D eigenvalue weighted by atomic mass is 10.2. The number of aromatic nitrogens is 1. The van der Waals surface area contributed by atoms with Crippen LogP contribution < -0.4 is 5.32 Å². The van der Waals surface area contributed by atoms with Crippen LogP contribution in [0.2, 0.25) is 10.0 Å². The van der Waals surface area contributed by atoms with Crippen molar-refractivity contribution in [2.24, 2.45) is 0 Å². The number of nitrogens with zero attached hydrogens (tertiary/aromatic N) is 3. The second-order valence-corrected chi connectivity index (χ2v) is 10.00. The van der Waals surface area contributed by atoms with Crippen LogP contribution in [0, 0.1) is 0 Å². The molecule has 0 spiro atoms. The molecule has 1 N–H and O–H groups in total. The number of carbonyl (C=O) groups is 1. The highest BCUT2D eigenvalue weighted by molar-refractivity contribution is 9.10. The van der Waals surface area contributed by atoms with Gasteiger partial charge in [-0.25, -0.2) is 4.98 Å². The van der Waals surface area contributed by atoms with Gasteiger partial charge in [-0.3, -0.25) is 14.6 Å². The molecule has 1 aliphatic rings. The second kappa shape index (κ2) is 10.4. The van der Waals surface area contributed by atoms with Crippen molar-refractivity contribution in [1.82, 2.24) is 14.8 Å². The number of hydrogen-bond acceptors (Lipinski definition) is 5. The molecule has 0 bridgehead atoms. The highest BCUT2D eigenvalue weighted by Gasteiger charge is 2.20. The summed E-state index contributed by atoms with van der Waals surface area (Å²) >= 11 is 17.1. The standard InChI is InChI=1S/C22H21BrCl2N4OS/c23-17-4-1-15(2-5-17)20-14-31-22(26-20)27-21(30)13-29-9-7-28(8-10-29)12-16-3-6-18(24)11-19(16)25/h1-6,11,14H,7-10,12-13H2,(H,26,27,30). The summed E-state index contributed by atoms with van der Waals surface area (Å²) in [4.78, 5) is 21.5. The van der Waals surface area contributed by atoms with E-state index in [0.717, 1.165) is 54.0 Å². The number of benzene rings is 2. The molecule has 4 rings (SSSR count). The Morgan fingerprint density at radius 1 is 1.06 bits per heavy atom. The molecule has 0 unspecified atom stereocenters. The van der Waals surface area contributed by atoms with Gasteiger partial charge in [0.15, 0.2) is 5.13 Å². The van der Waals surface area contributed by atoms with Crippen LogP contribution in [0.1, 0.15) is 5.56 Å². The Bertz CT molecular complexity index is 1050. The molecule has 1 aromatic heterocycles. The molecule has 162 valence electrons. The van der Waals surface area contributed by atoms with Gasteiger partial charge < -0.3 is 5.32 Å². The predicted octanol–water partition coefficient (Wildman–Crippen LogP) is 5.64. The molecule has 2 aromatic carbocycles. The van der Waals surface area contributed by atoms with Gasteiger partial charge in [0.25, 0.3) is 0 Å². The van der Waals surface area contributed by atoms with E-state index in [-0.39, 0.29) is 5.91 Å². The van der Waals surface area contributed by atoms with E-state index in [4.69, 9.17) is 23.2 Å². The highest BCUT2D eigenvalue weighted by Crippen LogP contribution is 2.26. The van der Waals surface area contributed by atoms with Crippen molar-refractivity contribution < 1.29 is 4.79 Å². The molecular formula is C22H21BrCl2N4OS. The van der Waals surface area contributed by atoms with Crippen molar-refractivity contribution in [3.8, 4) is 11.3 Å². The summed E-state index contributed by atoms with van der Waals surface area (Å²) in [6.07, 6.45) is 0. The molecule has 9 heteroatoms. The minimum atomic E-state index is -0.0362. The van der Waals surface area contributed by atoms with Crippen molar-refractivity contribution in [2.75, 3.05) is 38.0 Å². The summed E-state index contributed by atoms with van der Waals surface area (Å²) in [6, 6.07) is 13.6. The number of hydrogen-bond donors (Lipinski definition) is 1. The van der Waals surface area contributed by atoms with Gasteiger partial charge in [0.05, 0.1) is 12.2 Å². The maximum atomic E-state index is 12.5. The fourth-order valence-electron chi connectivity index (χ4n) is 3.44. The van der Waals surface area contributed by atoms with Crippen molar-refractivity contribution in [1.29, 1.82) is 0 Å². The molecule has 0 saturated carbocycles. The Balaban J connectivity index is 1.24. The molecule has 0 atom stereocenters. The summed E-state index contributed by atoms with van der Waals surface area (Å²) in [5, 5.41) is 6.85. The minimum absolute atomic E-state index is 0.0362. The van der Waals surface area contributed by atoms with Gasteiger partial charge in [-0.05, 0) is 29.8 Å². The van der Waals surface area contributed by atoms with E-state index >= 15 is 0 Å². The van der Waals surface area contributed by atoms with Crippen LogP contribution in [0.25, 0.3) is 11.3 Å². The van der Waals surface area contributed by atoms with Crippen LogP contribution >= 0.6 is 50.5 Å². The van der Waals surface area contributed by atoms with Crippen molar-refractivity contribution in [2.45, 2.75) is 6.54 Å².